The van der Waals surface area contributed by atoms with Crippen molar-refractivity contribution >= 4 is 69.9 Å². The number of likely N-dealkylation sites (N-methyl/N-ethyl adjacent to an activating group) is 1. The molecule has 0 bridgehead atoms. The number of hydrogen-bond donors (Lipinski definition) is 3. The topological polar surface area (TPSA) is 200 Å². The highest BCUT2D eigenvalue weighted by Gasteiger charge is 2.54. The lowest BCUT2D eigenvalue weighted by Crippen LogP contribution is -2.71. The molecule has 2 aromatic heterocycles. The van der Waals surface area contributed by atoms with Gasteiger partial charge in [0.15, 0.2) is 10.8 Å². The number of fused-ring (bicyclic) bond motifs is 1. The molecule has 4 aliphatic rings. The molecular weight excluding hydrogens is 683 g/mol. The fourth-order valence-corrected chi connectivity index (χ4v) is 8.90. The van der Waals surface area contributed by atoms with Crippen LogP contribution in [-0.4, -0.2) is 137 Å². The van der Waals surface area contributed by atoms with Crippen LogP contribution in [0.2, 0.25) is 0 Å². The summed E-state index contributed by atoms with van der Waals surface area (Å²) in [4.78, 5) is 66.0. The van der Waals surface area contributed by atoms with Crippen LogP contribution in [-0.2, 0) is 24.0 Å². The number of nitrogens with zero attached hydrogens (tertiary/aromatic N) is 9. The van der Waals surface area contributed by atoms with E-state index in [2.05, 4.69) is 60.1 Å². The summed E-state index contributed by atoms with van der Waals surface area (Å²) < 4.78 is 1.79. The van der Waals surface area contributed by atoms with Gasteiger partial charge in [0.1, 0.15) is 35.1 Å². The molecule has 5 heterocycles. The minimum atomic E-state index is -1.23. The Morgan fingerprint density at radius 1 is 1.29 bits per heavy atom. The molecule has 4 atom stereocenters. The number of hydrogen-bond acceptors (Lipinski definition) is 15. The predicted octanol–water partition coefficient (Wildman–Crippen LogP) is 0.824. The number of amides is 3. The van der Waals surface area contributed by atoms with Crippen LogP contribution >= 0.6 is 34.9 Å². The van der Waals surface area contributed by atoms with Gasteiger partial charge in [-0.2, -0.15) is 0 Å². The van der Waals surface area contributed by atoms with Gasteiger partial charge in [-0.3, -0.25) is 24.2 Å². The minimum Gasteiger partial charge on any atom is -0.477 e. The number of carboxylic acid groups (broad SMARTS) is 1. The second kappa shape index (κ2) is 15.1. The smallest absolute Gasteiger partial charge is 0.352 e. The number of oxime groups is 1. The Labute approximate surface area is 288 Å². The molecule has 2 aromatic rings. The van der Waals surface area contributed by atoms with Crippen molar-refractivity contribution < 1.29 is 29.1 Å². The highest BCUT2D eigenvalue weighted by molar-refractivity contribution is 8.01. The molecular formula is C28H35N11O6S3. The number of anilines is 1. The van der Waals surface area contributed by atoms with E-state index < -0.39 is 29.2 Å². The lowest BCUT2D eigenvalue weighted by Gasteiger charge is -2.49. The summed E-state index contributed by atoms with van der Waals surface area (Å²) in [6.45, 7) is 5.76. The quantitative estimate of drug-likeness (QED) is 0.0620. The van der Waals surface area contributed by atoms with Gasteiger partial charge in [0.25, 0.3) is 11.8 Å². The Balaban J connectivity index is 1.14. The maximum atomic E-state index is 13.5. The molecule has 3 amide bonds. The van der Waals surface area contributed by atoms with Gasteiger partial charge in [0.05, 0.1) is 0 Å². The molecule has 2 saturated heterocycles. The van der Waals surface area contributed by atoms with Crippen molar-refractivity contribution in [2.24, 2.45) is 5.16 Å². The van der Waals surface area contributed by atoms with Crippen molar-refractivity contribution in [1.82, 2.24) is 45.2 Å². The van der Waals surface area contributed by atoms with Crippen molar-refractivity contribution in [2.45, 2.75) is 55.0 Å². The predicted molar refractivity (Wildman–Crippen MR) is 178 cm³/mol. The molecule has 3 N–H and O–H groups in total. The van der Waals surface area contributed by atoms with Gasteiger partial charge in [-0.05, 0) is 48.4 Å². The molecule has 0 radical (unpaired) electrons. The van der Waals surface area contributed by atoms with Crippen LogP contribution in [0.5, 0.6) is 0 Å². The number of β-lactam (4-membered cyclic amide) rings is 1. The molecule has 0 spiro atoms. The largest absolute Gasteiger partial charge is 0.477 e. The average Bonchev–Trinajstić information content (AvgIpc) is 3.87. The maximum Gasteiger partial charge on any atom is 0.352 e. The third-order valence-corrected chi connectivity index (χ3v) is 11.5. The van der Waals surface area contributed by atoms with E-state index >= 15 is 0 Å². The first-order chi connectivity index (χ1) is 23.3. The van der Waals surface area contributed by atoms with E-state index in [-0.39, 0.29) is 40.3 Å². The Morgan fingerprint density at radius 2 is 2.10 bits per heavy atom. The Morgan fingerprint density at radius 3 is 2.81 bits per heavy atom. The van der Waals surface area contributed by atoms with Gasteiger partial charge in [-0.1, -0.05) is 29.9 Å². The van der Waals surface area contributed by atoms with Gasteiger partial charge < -0.3 is 25.5 Å². The summed E-state index contributed by atoms with van der Waals surface area (Å²) in [7, 11) is 2.10. The van der Waals surface area contributed by atoms with Gasteiger partial charge in [0.2, 0.25) is 11.6 Å². The van der Waals surface area contributed by atoms with E-state index in [1.165, 1.54) is 28.4 Å². The van der Waals surface area contributed by atoms with Crippen LogP contribution in [0.3, 0.4) is 0 Å². The number of allylic oxidation sites excluding steroid dienone is 1. The van der Waals surface area contributed by atoms with E-state index in [4.69, 9.17) is 4.84 Å². The van der Waals surface area contributed by atoms with Crippen molar-refractivity contribution in [2.75, 3.05) is 50.0 Å². The normalized spacial score (nSPS) is 23.9. The Hall–Kier alpha value is -3.85. The molecule has 1 aliphatic carbocycles. The summed E-state index contributed by atoms with van der Waals surface area (Å²) >= 11 is 3.80. The second-order valence-electron chi connectivity index (χ2n) is 11.4. The lowest BCUT2D eigenvalue weighted by molar-refractivity contribution is -0.150. The standard InChI is InChI=1S/C28H35N11O6S3/c1-3-19(37-10-8-36(2)9-11-37)39-28(32-34-35-39)48-13-16-12-46-25-21(24(42)38(25)22(16)26(43)44)31-23(41)20(33-45-17-6-4-5-7-17)18-14-47-27(30-18)29-15-40/h4,6,14-15,17,19,21,25H,3,5,7-13H2,1-2H3,(H,31,41)(H,43,44)(H,29,30,40)/t17?,19?,21?,25-/m1/s1. The minimum absolute atomic E-state index is 0.0267. The summed E-state index contributed by atoms with van der Waals surface area (Å²) in [6, 6.07) is -0.991. The summed E-state index contributed by atoms with van der Waals surface area (Å²) in [5.74, 6) is -1.88. The number of aromatic nitrogens is 5. The van der Waals surface area contributed by atoms with Crippen molar-refractivity contribution in [3.63, 3.8) is 0 Å². The molecule has 48 heavy (non-hydrogen) atoms. The first-order valence-electron chi connectivity index (χ1n) is 15.4. The molecule has 17 nitrogen and oxygen atoms in total. The average molecular weight is 718 g/mol. The lowest BCUT2D eigenvalue weighted by atomic mass is 10.0. The fourth-order valence-electron chi connectivity index (χ4n) is 5.85. The fraction of sp³-hybridized carbons (Fsp3) is 0.536. The SMILES string of the molecule is CCC(N1CCN(C)CC1)n1nnnc1SCC1=C(C(=O)O)N2C(=O)C(NC(=O)C(=NOC3C=CCC3)c3csc(NC=O)n3)[C@H]2SC1. The second-order valence-corrected chi connectivity index (χ2v) is 14.3. The highest BCUT2D eigenvalue weighted by Crippen LogP contribution is 2.41. The number of thiazole rings is 1. The van der Waals surface area contributed by atoms with E-state index in [0.717, 1.165) is 50.4 Å². The zero-order chi connectivity index (χ0) is 33.8. The zero-order valence-electron chi connectivity index (χ0n) is 26.2. The molecule has 0 saturated carbocycles. The zero-order valence-corrected chi connectivity index (χ0v) is 28.7. The van der Waals surface area contributed by atoms with Crippen LogP contribution in [0.4, 0.5) is 5.13 Å². The Bertz CT molecular complexity index is 1640. The highest BCUT2D eigenvalue weighted by atomic mass is 32.2. The van der Waals surface area contributed by atoms with Crippen LogP contribution < -0.4 is 10.6 Å². The summed E-state index contributed by atoms with van der Waals surface area (Å²) in [6.07, 6.45) is 6.26. The molecule has 20 heteroatoms. The van der Waals surface area contributed by atoms with Gasteiger partial charge in [-0.25, -0.2) is 14.5 Å². The van der Waals surface area contributed by atoms with E-state index in [0.29, 0.717) is 29.3 Å². The van der Waals surface area contributed by atoms with Crippen LogP contribution in [0.1, 0.15) is 38.0 Å². The molecule has 3 aliphatic heterocycles. The maximum absolute atomic E-state index is 13.5. The van der Waals surface area contributed by atoms with E-state index in [9.17, 15) is 24.3 Å². The van der Waals surface area contributed by atoms with Crippen LogP contribution in [0, 0.1) is 0 Å². The van der Waals surface area contributed by atoms with Crippen molar-refractivity contribution in [3.05, 3.63) is 34.5 Å². The van der Waals surface area contributed by atoms with E-state index in [1.807, 2.05) is 12.2 Å². The first-order valence-corrected chi connectivity index (χ1v) is 18.3. The number of carbonyl (C=O) groups is 4. The number of rotatable bonds is 14. The van der Waals surface area contributed by atoms with Crippen LogP contribution in [0.15, 0.2) is 39.1 Å². The van der Waals surface area contributed by atoms with E-state index in [1.54, 1.807) is 10.1 Å². The summed E-state index contributed by atoms with van der Waals surface area (Å²) in [5, 5.41) is 33.6. The molecule has 0 aromatic carbocycles. The molecule has 6 rings (SSSR count). The number of aliphatic carboxylic acids is 1. The number of thioether (sulfide) groups is 2. The number of piperazine rings is 1. The van der Waals surface area contributed by atoms with Crippen LogP contribution in [0.25, 0.3) is 0 Å². The Kier molecular flexibility index (Phi) is 10.7. The third kappa shape index (κ3) is 7.12. The third-order valence-electron chi connectivity index (χ3n) is 8.37. The number of nitrogens with one attached hydrogen (secondary N) is 2. The number of carbonyl (C=O) groups excluding carboxylic acids is 3. The number of carboxylic acids is 1. The molecule has 2 fully saturated rings. The van der Waals surface area contributed by atoms with Crippen molar-refractivity contribution in [3.8, 4) is 0 Å². The van der Waals surface area contributed by atoms with Gasteiger partial charge in [0, 0.05) is 43.1 Å². The first kappa shape index (κ1) is 34.0. The molecule has 3 unspecified atom stereocenters. The monoisotopic (exact) mass is 717 g/mol. The molecule has 256 valence electrons. The summed E-state index contributed by atoms with van der Waals surface area (Å²) in [5.41, 5.74) is 0.464. The van der Waals surface area contributed by atoms with Gasteiger partial charge >= 0.3 is 5.97 Å². The van der Waals surface area contributed by atoms with Crippen molar-refractivity contribution in [1.29, 1.82) is 0 Å². The number of tetrazole rings is 1. The van der Waals surface area contributed by atoms with Gasteiger partial charge in [-0.15, -0.1) is 28.2 Å².